The molecule has 1 aromatic heterocycles. The van der Waals surface area contributed by atoms with E-state index in [0.717, 1.165) is 5.69 Å². The molecule has 0 atom stereocenters. The highest BCUT2D eigenvalue weighted by atomic mass is 19.1. The van der Waals surface area contributed by atoms with E-state index < -0.39 is 17.8 Å². The zero-order valence-electron chi connectivity index (χ0n) is 18.1. The van der Waals surface area contributed by atoms with Crippen LogP contribution in [0.2, 0.25) is 0 Å². The van der Waals surface area contributed by atoms with E-state index in [9.17, 15) is 18.8 Å². The van der Waals surface area contributed by atoms with Crippen LogP contribution in [0.25, 0.3) is 0 Å². The predicted molar refractivity (Wildman–Crippen MR) is 117 cm³/mol. The number of carbonyl (C=O) groups excluding carboxylic acids is 3. The lowest BCUT2D eigenvalue weighted by molar-refractivity contribution is -0.151. The summed E-state index contributed by atoms with van der Waals surface area (Å²) in [5, 5.41) is 5.15. The van der Waals surface area contributed by atoms with Gasteiger partial charge in [0.15, 0.2) is 12.4 Å². The highest BCUT2D eigenvalue weighted by Gasteiger charge is 2.23. The zero-order chi connectivity index (χ0) is 23.1. The fourth-order valence-electron chi connectivity index (χ4n) is 3.28. The van der Waals surface area contributed by atoms with Crippen LogP contribution in [0.3, 0.4) is 0 Å². The zero-order valence-corrected chi connectivity index (χ0v) is 18.1. The van der Waals surface area contributed by atoms with Crippen LogP contribution in [0, 0.1) is 12.7 Å². The Bertz CT molecular complexity index is 975. The van der Waals surface area contributed by atoms with Crippen LogP contribution in [0.15, 0.2) is 36.5 Å². The summed E-state index contributed by atoms with van der Waals surface area (Å²) < 4.78 is 19.7. The fraction of sp³-hybridized carbons (Fsp3) is 0.364. The number of amides is 3. The Morgan fingerprint density at radius 1 is 1.09 bits per heavy atom. The van der Waals surface area contributed by atoms with Gasteiger partial charge in [-0.3, -0.25) is 19.5 Å². The summed E-state index contributed by atoms with van der Waals surface area (Å²) in [6, 6.07) is 7.76. The lowest BCUT2D eigenvalue weighted by Gasteiger charge is -2.34. The molecule has 3 rings (SSSR count). The second kappa shape index (κ2) is 10.7. The molecule has 2 N–H and O–H groups in total. The number of hydrogen-bond acceptors (Lipinski definition) is 6. The first-order chi connectivity index (χ1) is 15.3. The third-order valence-corrected chi connectivity index (χ3v) is 5.01. The summed E-state index contributed by atoms with van der Waals surface area (Å²) in [7, 11) is 0. The van der Waals surface area contributed by atoms with Crippen LogP contribution in [0.5, 0.6) is 0 Å². The van der Waals surface area contributed by atoms with Crippen molar-refractivity contribution in [2.75, 3.05) is 43.4 Å². The first-order valence-electron chi connectivity index (χ1n) is 10.2. The number of nitrogens with one attached hydrogen (secondary N) is 2. The van der Waals surface area contributed by atoms with Crippen molar-refractivity contribution < 1.29 is 23.5 Å². The molecular weight excluding hydrogens is 417 g/mol. The summed E-state index contributed by atoms with van der Waals surface area (Å²) >= 11 is 0. The number of aryl methyl sites for hydroxylation is 1. The molecule has 1 aliphatic heterocycles. The Kier molecular flexibility index (Phi) is 7.72. The van der Waals surface area contributed by atoms with Gasteiger partial charge >= 0.3 is 12.0 Å². The second-order valence-corrected chi connectivity index (χ2v) is 7.48. The SMILES string of the molecule is CC(=O)OCC(=O)N1CCN(Cc2cccc(NC(=O)Nc3ccc(C)nc3)c2F)CC1. The largest absolute Gasteiger partial charge is 0.456 e. The number of aromatic nitrogens is 1. The minimum Gasteiger partial charge on any atom is -0.456 e. The van der Waals surface area contributed by atoms with Crippen LogP contribution in [0.1, 0.15) is 18.2 Å². The van der Waals surface area contributed by atoms with Crippen molar-refractivity contribution in [1.29, 1.82) is 0 Å². The van der Waals surface area contributed by atoms with Crippen LogP contribution in [-0.2, 0) is 20.9 Å². The summed E-state index contributed by atoms with van der Waals surface area (Å²) in [5.41, 5.74) is 1.85. The summed E-state index contributed by atoms with van der Waals surface area (Å²) in [5.74, 6) is -1.24. The Morgan fingerprint density at radius 3 is 2.50 bits per heavy atom. The molecule has 1 aromatic carbocycles. The van der Waals surface area contributed by atoms with Crippen LogP contribution >= 0.6 is 0 Å². The van der Waals surface area contributed by atoms with Crippen molar-refractivity contribution >= 4 is 29.3 Å². The average Bonchev–Trinajstić information content (AvgIpc) is 2.77. The first kappa shape index (κ1) is 23.1. The van der Waals surface area contributed by atoms with Gasteiger partial charge in [0.2, 0.25) is 0 Å². The normalized spacial score (nSPS) is 14.0. The molecule has 0 saturated carbocycles. The Hall–Kier alpha value is -3.53. The minimum absolute atomic E-state index is 0.0790. The van der Waals surface area contributed by atoms with Crippen molar-refractivity contribution in [2.24, 2.45) is 0 Å². The molecule has 0 radical (unpaired) electrons. The van der Waals surface area contributed by atoms with Gasteiger partial charge in [-0.25, -0.2) is 9.18 Å². The minimum atomic E-state index is -0.563. The molecule has 10 heteroatoms. The Morgan fingerprint density at radius 2 is 1.84 bits per heavy atom. The Labute approximate surface area is 185 Å². The molecule has 9 nitrogen and oxygen atoms in total. The molecule has 0 unspecified atom stereocenters. The summed E-state index contributed by atoms with van der Waals surface area (Å²) in [6.45, 7) is 5.22. The molecule has 1 aliphatic rings. The third kappa shape index (κ3) is 6.48. The quantitative estimate of drug-likeness (QED) is 0.665. The second-order valence-electron chi connectivity index (χ2n) is 7.48. The van der Waals surface area contributed by atoms with Gasteiger partial charge in [0.05, 0.1) is 17.6 Å². The monoisotopic (exact) mass is 443 g/mol. The Balaban J connectivity index is 1.53. The highest BCUT2D eigenvalue weighted by Crippen LogP contribution is 2.20. The van der Waals surface area contributed by atoms with E-state index in [1.807, 2.05) is 11.8 Å². The van der Waals surface area contributed by atoms with Gasteiger partial charge in [-0.2, -0.15) is 0 Å². The highest BCUT2D eigenvalue weighted by molar-refractivity contribution is 5.99. The molecule has 1 fully saturated rings. The molecule has 3 amide bonds. The van der Waals surface area contributed by atoms with E-state index in [0.29, 0.717) is 44.0 Å². The molecule has 2 heterocycles. The van der Waals surface area contributed by atoms with E-state index in [1.165, 1.54) is 19.2 Å². The maximum Gasteiger partial charge on any atom is 0.323 e. The van der Waals surface area contributed by atoms with Crippen LogP contribution < -0.4 is 10.6 Å². The van der Waals surface area contributed by atoms with E-state index in [1.54, 1.807) is 29.2 Å². The molecule has 32 heavy (non-hydrogen) atoms. The van der Waals surface area contributed by atoms with E-state index >= 15 is 0 Å². The molecule has 0 aliphatic carbocycles. The number of pyridine rings is 1. The number of carbonyl (C=O) groups is 3. The number of hydrogen-bond donors (Lipinski definition) is 2. The van der Waals surface area contributed by atoms with E-state index in [-0.39, 0.29) is 18.2 Å². The topological polar surface area (TPSA) is 104 Å². The van der Waals surface area contributed by atoms with Crippen LogP contribution in [0.4, 0.5) is 20.6 Å². The van der Waals surface area contributed by atoms with E-state index in [4.69, 9.17) is 4.74 Å². The van der Waals surface area contributed by atoms with Gasteiger partial charge in [-0.1, -0.05) is 12.1 Å². The van der Waals surface area contributed by atoms with Gasteiger partial charge in [-0.15, -0.1) is 0 Å². The van der Waals surface area contributed by atoms with Gasteiger partial charge in [-0.05, 0) is 25.1 Å². The summed E-state index contributed by atoms with van der Waals surface area (Å²) in [4.78, 5) is 42.9. The van der Waals surface area contributed by atoms with Crippen molar-refractivity contribution in [1.82, 2.24) is 14.8 Å². The number of ether oxygens (including phenoxy) is 1. The van der Waals surface area contributed by atoms with E-state index in [2.05, 4.69) is 15.6 Å². The molecule has 2 aromatic rings. The van der Waals surface area contributed by atoms with Gasteiger partial charge in [0.25, 0.3) is 5.91 Å². The number of urea groups is 1. The molecule has 1 saturated heterocycles. The lowest BCUT2D eigenvalue weighted by atomic mass is 10.1. The fourth-order valence-corrected chi connectivity index (χ4v) is 3.28. The number of halogens is 1. The van der Waals surface area contributed by atoms with Crippen molar-refractivity contribution in [3.63, 3.8) is 0 Å². The molecule has 0 bridgehead atoms. The number of piperazine rings is 1. The number of rotatable bonds is 6. The smallest absolute Gasteiger partial charge is 0.323 e. The molecule has 0 spiro atoms. The van der Waals surface area contributed by atoms with Gasteiger partial charge in [0, 0.05) is 50.9 Å². The standard InChI is InChI=1S/C22H26FN5O4/c1-15-6-7-18(12-24-15)25-22(31)26-19-5-3-4-17(21(19)23)13-27-8-10-28(11-9-27)20(30)14-32-16(2)29/h3-7,12H,8-11,13-14H2,1-2H3,(H2,25,26,31). The first-order valence-corrected chi connectivity index (χ1v) is 10.2. The molecule has 170 valence electrons. The average molecular weight is 443 g/mol. The maximum atomic E-state index is 15.0. The van der Waals surface area contributed by atoms with Gasteiger partial charge in [0.1, 0.15) is 0 Å². The third-order valence-electron chi connectivity index (χ3n) is 5.01. The number of nitrogens with zero attached hydrogens (tertiary/aromatic N) is 3. The van der Waals surface area contributed by atoms with Crippen molar-refractivity contribution in [3.8, 4) is 0 Å². The number of anilines is 2. The molecular formula is C22H26FN5O4. The van der Waals surface area contributed by atoms with Crippen molar-refractivity contribution in [3.05, 3.63) is 53.6 Å². The number of benzene rings is 1. The van der Waals surface area contributed by atoms with Gasteiger partial charge < -0.3 is 20.3 Å². The maximum absolute atomic E-state index is 15.0. The van der Waals surface area contributed by atoms with Crippen LogP contribution in [-0.4, -0.2) is 65.5 Å². The number of esters is 1. The summed E-state index contributed by atoms with van der Waals surface area (Å²) in [6.07, 6.45) is 1.53. The predicted octanol–water partition coefficient (Wildman–Crippen LogP) is 2.38. The van der Waals surface area contributed by atoms with Crippen molar-refractivity contribution in [2.45, 2.75) is 20.4 Å². The lowest BCUT2D eigenvalue weighted by Crippen LogP contribution is -2.49.